The molecule has 0 radical (unpaired) electrons. The predicted molar refractivity (Wildman–Crippen MR) is 104 cm³/mol. The van der Waals surface area contributed by atoms with Crippen LogP contribution in [0.5, 0.6) is 5.88 Å². The summed E-state index contributed by atoms with van der Waals surface area (Å²) in [5.41, 5.74) is 2.64. The molecule has 0 saturated carbocycles. The Morgan fingerprint density at radius 1 is 1.35 bits per heavy atom. The monoisotopic (exact) mass is 441 g/mol. The minimum absolute atomic E-state index is 0.0566. The summed E-state index contributed by atoms with van der Waals surface area (Å²) in [7, 11) is 0. The van der Waals surface area contributed by atoms with Crippen molar-refractivity contribution in [3.8, 4) is 5.88 Å². The Bertz CT molecular complexity index is 1010. The van der Waals surface area contributed by atoms with Crippen LogP contribution in [0.15, 0.2) is 18.3 Å². The van der Waals surface area contributed by atoms with Gasteiger partial charge in [-0.2, -0.15) is 8.78 Å². The number of alkyl halides is 4. The van der Waals surface area contributed by atoms with E-state index in [4.69, 9.17) is 4.74 Å². The zero-order valence-corrected chi connectivity index (χ0v) is 17.5. The van der Waals surface area contributed by atoms with Gasteiger partial charge in [0.05, 0.1) is 17.7 Å². The fraction of sp³-hybridized carbons (Fsp3) is 0.476. The van der Waals surface area contributed by atoms with E-state index in [0.29, 0.717) is 28.1 Å². The lowest BCUT2D eigenvalue weighted by atomic mass is 9.96. The number of hydrogen-bond acceptors (Lipinski definition) is 4. The van der Waals surface area contributed by atoms with E-state index in [1.165, 1.54) is 13.1 Å². The highest BCUT2D eigenvalue weighted by Crippen LogP contribution is 2.36. The summed E-state index contributed by atoms with van der Waals surface area (Å²) in [4.78, 5) is 33.4. The standard InChI is InChI=1S/C21H23F4N3O3/c1-10-7-16(27-18(10)31-9-21(24,25)20(22)23)12(3)28-8-15-14(19(28)30)5-6-26-17(15)11(2)13(4)29/h5-7,11-12,20,27H,8-9H2,1-4H3. The fourth-order valence-corrected chi connectivity index (χ4v) is 3.49. The van der Waals surface area contributed by atoms with Gasteiger partial charge in [0, 0.05) is 35.1 Å². The largest absolute Gasteiger partial charge is 0.472 e. The van der Waals surface area contributed by atoms with Crippen molar-refractivity contribution in [1.82, 2.24) is 14.9 Å². The van der Waals surface area contributed by atoms with E-state index in [1.807, 2.05) is 0 Å². The molecule has 1 N–H and O–H groups in total. The SMILES string of the molecule is CC(=O)C(C)c1nccc2c1CN(C(C)c1cc(C)c(OCC(F)(F)C(F)F)[nH]1)C2=O. The number of halogens is 4. The first kappa shape index (κ1) is 22.8. The van der Waals surface area contributed by atoms with Crippen LogP contribution in [0.3, 0.4) is 0 Å². The molecule has 1 aliphatic rings. The molecule has 31 heavy (non-hydrogen) atoms. The van der Waals surface area contributed by atoms with Crippen LogP contribution in [0.25, 0.3) is 0 Å². The van der Waals surface area contributed by atoms with Crippen molar-refractivity contribution in [3.63, 3.8) is 0 Å². The zero-order chi connectivity index (χ0) is 23.1. The van der Waals surface area contributed by atoms with E-state index in [-0.39, 0.29) is 24.1 Å². The van der Waals surface area contributed by atoms with Crippen LogP contribution >= 0.6 is 0 Å². The second kappa shape index (κ2) is 8.32. The number of carbonyl (C=O) groups is 2. The number of hydrogen-bond donors (Lipinski definition) is 1. The number of nitrogens with one attached hydrogen (secondary N) is 1. The number of H-pyrrole nitrogens is 1. The van der Waals surface area contributed by atoms with Gasteiger partial charge in [-0.1, -0.05) is 0 Å². The lowest BCUT2D eigenvalue weighted by Crippen LogP contribution is -2.34. The lowest BCUT2D eigenvalue weighted by Gasteiger charge is -2.23. The van der Waals surface area contributed by atoms with Gasteiger partial charge in [0.15, 0.2) is 12.5 Å². The maximum Gasteiger partial charge on any atom is 0.340 e. The molecule has 1 aliphatic heterocycles. The second-order valence-corrected chi connectivity index (χ2v) is 7.75. The molecule has 0 spiro atoms. The number of aryl methyl sites for hydroxylation is 1. The van der Waals surface area contributed by atoms with Gasteiger partial charge in [-0.3, -0.25) is 14.6 Å². The first-order valence-electron chi connectivity index (χ1n) is 9.71. The van der Waals surface area contributed by atoms with Gasteiger partial charge in [0.25, 0.3) is 5.91 Å². The zero-order valence-electron chi connectivity index (χ0n) is 17.5. The van der Waals surface area contributed by atoms with Crippen LogP contribution < -0.4 is 4.74 Å². The normalized spacial score (nSPS) is 15.9. The van der Waals surface area contributed by atoms with Crippen LogP contribution in [0.2, 0.25) is 0 Å². The maximum atomic E-state index is 13.2. The third kappa shape index (κ3) is 4.28. The summed E-state index contributed by atoms with van der Waals surface area (Å²) >= 11 is 0. The minimum Gasteiger partial charge on any atom is -0.472 e. The summed E-state index contributed by atoms with van der Waals surface area (Å²) in [5, 5.41) is 0. The molecule has 168 valence electrons. The van der Waals surface area contributed by atoms with Gasteiger partial charge in [0.2, 0.25) is 0 Å². The number of amides is 1. The Labute approximate surface area is 176 Å². The molecule has 3 heterocycles. The van der Waals surface area contributed by atoms with Crippen molar-refractivity contribution in [2.24, 2.45) is 0 Å². The molecule has 0 saturated heterocycles. The van der Waals surface area contributed by atoms with Crippen molar-refractivity contribution >= 4 is 11.7 Å². The van der Waals surface area contributed by atoms with Crippen LogP contribution in [0.4, 0.5) is 17.6 Å². The lowest BCUT2D eigenvalue weighted by molar-refractivity contribution is -0.148. The first-order valence-corrected chi connectivity index (χ1v) is 9.71. The predicted octanol–water partition coefficient (Wildman–Crippen LogP) is 4.41. The first-order chi connectivity index (χ1) is 14.4. The number of rotatable bonds is 8. The molecule has 0 aliphatic carbocycles. The van der Waals surface area contributed by atoms with E-state index < -0.39 is 30.9 Å². The maximum absolute atomic E-state index is 13.2. The topological polar surface area (TPSA) is 75.3 Å². The third-order valence-electron chi connectivity index (χ3n) is 5.56. The Morgan fingerprint density at radius 3 is 2.65 bits per heavy atom. The van der Waals surface area contributed by atoms with Gasteiger partial charge in [0.1, 0.15) is 5.78 Å². The van der Waals surface area contributed by atoms with Crippen LogP contribution in [0.1, 0.15) is 65.6 Å². The average molecular weight is 441 g/mol. The van der Waals surface area contributed by atoms with Crippen molar-refractivity contribution in [3.05, 3.63) is 46.4 Å². The van der Waals surface area contributed by atoms with Crippen LogP contribution in [-0.4, -0.2) is 45.5 Å². The number of ketones is 1. The molecule has 2 atom stereocenters. The van der Waals surface area contributed by atoms with E-state index in [2.05, 4.69) is 9.97 Å². The molecule has 0 fully saturated rings. The van der Waals surface area contributed by atoms with Crippen molar-refractivity contribution in [1.29, 1.82) is 0 Å². The summed E-state index contributed by atoms with van der Waals surface area (Å²) in [6.45, 7) is 5.28. The Morgan fingerprint density at radius 2 is 2.03 bits per heavy atom. The van der Waals surface area contributed by atoms with E-state index in [9.17, 15) is 27.2 Å². The number of aromatic nitrogens is 2. The van der Waals surface area contributed by atoms with Crippen molar-refractivity contribution in [2.45, 2.75) is 58.5 Å². The molecular formula is C21H23F4N3O3. The van der Waals surface area contributed by atoms with Crippen molar-refractivity contribution < 1.29 is 31.9 Å². The number of ether oxygens (including phenoxy) is 1. The summed E-state index contributed by atoms with van der Waals surface area (Å²) in [6.07, 6.45) is -2.34. The minimum atomic E-state index is -4.27. The molecule has 2 aromatic heterocycles. The van der Waals surface area contributed by atoms with E-state index >= 15 is 0 Å². The highest BCUT2D eigenvalue weighted by atomic mass is 19.3. The van der Waals surface area contributed by atoms with Gasteiger partial charge >= 0.3 is 12.3 Å². The van der Waals surface area contributed by atoms with Crippen LogP contribution in [-0.2, 0) is 11.3 Å². The molecular weight excluding hydrogens is 418 g/mol. The van der Waals surface area contributed by atoms with Crippen molar-refractivity contribution in [2.75, 3.05) is 6.61 Å². The number of carbonyl (C=O) groups excluding carboxylic acids is 2. The number of Topliss-reactive ketones (excluding diaryl/α,β-unsaturated/α-hetero) is 1. The summed E-state index contributed by atoms with van der Waals surface area (Å²) < 4.78 is 55.9. The van der Waals surface area contributed by atoms with Crippen LogP contribution in [0, 0.1) is 6.92 Å². The molecule has 1 amide bonds. The van der Waals surface area contributed by atoms with Gasteiger partial charge in [-0.25, -0.2) is 8.78 Å². The molecule has 6 nitrogen and oxygen atoms in total. The number of aromatic amines is 1. The Kier molecular flexibility index (Phi) is 6.11. The van der Waals surface area contributed by atoms with Gasteiger partial charge in [-0.05, 0) is 39.8 Å². The van der Waals surface area contributed by atoms with E-state index in [0.717, 1.165) is 0 Å². The summed E-state index contributed by atoms with van der Waals surface area (Å²) in [5.74, 6) is -5.10. The van der Waals surface area contributed by atoms with Gasteiger partial charge in [-0.15, -0.1) is 0 Å². The number of pyridine rings is 1. The van der Waals surface area contributed by atoms with E-state index in [1.54, 1.807) is 37.8 Å². The average Bonchev–Trinajstić information content (AvgIpc) is 3.25. The number of nitrogens with zero attached hydrogens (tertiary/aromatic N) is 2. The highest BCUT2D eigenvalue weighted by Gasteiger charge is 2.42. The Hall–Kier alpha value is -2.91. The second-order valence-electron chi connectivity index (χ2n) is 7.75. The molecule has 3 rings (SSSR count). The number of fused-ring (bicyclic) bond motifs is 1. The quantitative estimate of drug-likeness (QED) is 0.616. The summed E-state index contributed by atoms with van der Waals surface area (Å²) in [6, 6.07) is 2.72. The molecule has 0 aromatic carbocycles. The smallest absolute Gasteiger partial charge is 0.340 e. The molecule has 10 heteroatoms. The van der Waals surface area contributed by atoms with Gasteiger partial charge < -0.3 is 14.6 Å². The highest BCUT2D eigenvalue weighted by molar-refractivity contribution is 5.99. The Balaban J connectivity index is 1.81. The third-order valence-corrected chi connectivity index (χ3v) is 5.56. The molecule has 0 bridgehead atoms. The molecule has 2 unspecified atom stereocenters. The molecule has 2 aromatic rings. The fourth-order valence-electron chi connectivity index (χ4n) is 3.49.